The molecule has 0 N–H and O–H groups in total. The molecule has 0 radical (unpaired) electrons. The van der Waals surface area contributed by atoms with Crippen molar-refractivity contribution in [3.8, 4) is 0 Å². The normalized spacial score (nSPS) is 29.3. The summed E-state index contributed by atoms with van der Waals surface area (Å²) in [4.78, 5) is 10.7. The lowest BCUT2D eigenvalue weighted by Gasteiger charge is -2.23. The molecule has 1 saturated heterocycles. The molecule has 0 amide bonds. The lowest BCUT2D eigenvalue weighted by Crippen LogP contribution is -2.28. The van der Waals surface area contributed by atoms with Gasteiger partial charge in [-0.1, -0.05) is 19.8 Å². The molecule has 4 nitrogen and oxygen atoms in total. The Morgan fingerprint density at radius 2 is 2.25 bits per heavy atom. The van der Waals surface area contributed by atoms with Crippen molar-refractivity contribution in [2.24, 2.45) is 0 Å². The smallest absolute Gasteiger partial charge is 0.302 e. The standard InChI is InChI=1S/C12H22O4/c1-4-5-6-7-12(3)15-9-11(16-12)8-14-10(2)13/h11H,4-9H2,1-3H3/t11-,12-/m0/s1. The van der Waals surface area contributed by atoms with E-state index in [0.717, 1.165) is 12.8 Å². The maximum absolute atomic E-state index is 10.7. The molecular formula is C12H22O4. The van der Waals surface area contributed by atoms with Crippen molar-refractivity contribution >= 4 is 5.97 Å². The van der Waals surface area contributed by atoms with Crippen LogP contribution >= 0.6 is 0 Å². The van der Waals surface area contributed by atoms with Crippen LogP contribution in [0.25, 0.3) is 0 Å². The predicted molar refractivity (Wildman–Crippen MR) is 60.0 cm³/mol. The second-order valence-electron chi connectivity index (χ2n) is 4.44. The first-order chi connectivity index (χ1) is 7.56. The van der Waals surface area contributed by atoms with E-state index in [1.54, 1.807) is 0 Å². The third-order valence-electron chi connectivity index (χ3n) is 2.70. The van der Waals surface area contributed by atoms with Gasteiger partial charge in [-0.2, -0.15) is 0 Å². The summed E-state index contributed by atoms with van der Waals surface area (Å²) < 4.78 is 16.3. The minimum absolute atomic E-state index is 0.115. The molecule has 4 heteroatoms. The zero-order valence-corrected chi connectivity index (χ0v) is 10.5. The van der Waals surface area contributed by atoms with Crippen LogP contribution in [0.5, 0.6) is 0 Å². The summed E-state index contributed by atoms with van der Waals surface area (Å²) in [7, 11) is 0. The monoisotopic (exact) mass is 230 g/mol. The number of unbranched alkanes of at least 4 members (excludes halogenated alkanes) is 2. The van der Waals surface area contributed by atoms with E-state index in [2.05, 4.69) is 6.92 Å². The highest BCUT2D eigenvalue weighted by Gasteiger charge is 2.36. The highest BCUT2D eigenvalue weighted by Crippen LogP contribution is 2.28. The Labute approximate surface area is 97.2 Å². The van der Waals surface area contributed by atoms with Crippen LogP contribution in [-0.2, 0) is 19.0 Å². The summed E-state index contributed by atoms with van der Waals surface area (Å²) in [5.74, 6) is -0.761. The molecule has 0 saturated carbocycles. The van der Waals surface area contributed by atoms with Crippen LogP contribution in [-0.4, -0.2) is 31.1 Å². The number of carbonyl (C=O) groups excluding carboxylic acids is 1. The van der Waals surface area contributed by atoms with Crippen molar-refractivity contribution in [2.45, 2.75) is 58.3 Å². The Hall–Kier alpha value is -0.610. The van der Waals surface area contributed by atoms with Crippen molar-refractivity contribution in [1.82, 2.24) is 0 Å². The molecule has 0 bridgehead atoms. The van der Waals surface area contributed by atoms with Crippen LogP contribution in [0.1, 0.15) is 46.5 Å². The van der Waals surface area contributed by atoms with Gasteiger partial charge in [-0.3, -0.25) is 4.79 Å². The molecule has 94 valence electrons. The number of hydrogen-bond donors (Lipinski definition) is 0. The molecule has 1 aliphatic heterocycles. The van der Waals surface area contributed by atoms with Crippen molar-refractivity contribution in [3.05, 3.63) is 0 Å². The minimum atomic E-state index is -0.486. The van der Waals surface area contributed by atoms with Crippen LogP contribution in [0.4, 0.5) is 0 Å². The fourth-order valence-electron chi connectivity index (χ4n) is 1.81. The van der Waals surface area contributed by atoms with Gasteiger partial charge in [0.2, 0.25) is 0 Å². The summed E-state index contributed by atoms with van der Waals surface area (Å²) in [5, 5.41) is 0. The minimum Gasteiger partial charge on any atom is -0.463 e. The zero-order valence-electron chi connectivity index (χ0n) is 10.5. The molecule has 0 unspecified atom stereocenters. The van der Waals surface area contributed by atoms with E-state index < -0.39 is 5.79 Å². The number of rotatable bonds is 6. The summed E-state index contributed by atoms with van der Waals surface area (Å²) >= 11 is 0. The maximum Gasteiger partial charge on any atom is 0.302 e. The number of hydrogen-bond acceptors (Lipinski definition) is 4. The Morgan fingerprint density at radius 3 is 2.88 bits per heavy atom. The van der Waals surface area contributed by atoms with Gasteiger partial charge >= 0.3 is 5.97 Å². The van der Waals surface area contributed by atoms with E-state index in [-0.39, 0.29) is 12.1 Å². The van der Waals surface area contributed by atoms with Crippen molar-refractivity contribution in [2.75, 3.05) is 13.2 Å². The topological polar surface area (TPSA) is 44.8 Å². The van der Waals surface area contributed by atoms with Gasteiger partial charge in [-0.05, 0) is 13.3 Å². The van der Waals surface area contributed by atoms with E-state index in [9.17, 15) is 4.79 Å². The van der Waals surface area contributed by atoms with Gasteiger partial charge in [-0.25, -0.2) is 0 Å². The Morgan fingerprint density at radius 1 is 1.50 bits per heavy atom. The third kappa shape index (κ3) is 4.49. The van der Waals surface area contributed by atoms with Gasteiger partial charge < -0.3 is 14.2 Å². The van der Waals surface area contributed by atoms with Crippen LogP contribution in [0.3, 0.4) is 0 Å². The second kappa shape index (κ2) is 6.21. The van der Waals surface area contributed by atoms with Crippen LogP contribution in [0.2, 0.25) is 0 Å². The van der Waals surface area contributed by atoms with Gasteiger partial charge in [0.1, 0.15) is 12.7 Å². The highest BCUT2D eigenvalue weighted by molar-refractivity contribution is 5.65. The molecule has 1 fully saturated rings. The fraction of sp³-hybridized carbons (Fsp3) is 0.917. The lowest BCUT2D eigenvalue weighted by atomic mass is 10.1. The van der Waals surface area contributed by atoms with Gasteiger partial charge in [0.05, 0.1) is 6.61 Å². The lowest BCUT2D eigenvalue weighted by molar-refractivity contribution is -0.169. The van der Waals surface area contributed by atoms with E-state index in [4.69, 9.17) is 14.2 Å². The van der Waals surface area contributed by atoms with Gasteiger partial charge in [-0.15, -0.1) is 0 Å². The van der Waals surface area contributed by atoms with Crippen molar-refractivity contribution in [3.63, 3.8) is 0 Å². The van der Waals surface area contributed by atoms with E-state index in [1.165, 1.54) is 19.8 Å². The molecule has 1 rings (SSSR count). The molecule has 16 heavy (non-hydrogen) atoms. The molecule has 0 aliphatic carbocycles. The predicted octanol–water partition coefficient (Wildman–Crippen LogP) is 2.26. The van der Waals surface area contributed by atoms with Gasteiger partial charge in [0.15, 0.2) is 5.79 Å². The maximum atomic E-state index is 10.7. The summed E-state index contributed by atoms with van der Waals surface area (Å²) in [6.45, 7) is 6.32. The van der Waals surface area contributed by atoms with Gasteiger partial charge in [0.25, 0.3) is 0 Å². The second-order valence-corrected chi connectivity index (χ2v) is 4.44. The number of ether oxygens (including phenoxy) is 3. The highest BCUT2D eigenvalue weighted by atomic mass is 16.7. The van der Waals surface area contributed by atoms with Crippen LogP contribution in [0, 0.1) is 0 Å². The molecule has 1 heterocycles. The van der Waals surface area contributed by atoms with Gasteiger partial charge in [0, 0.05) is 13.3 Å². The summed E-state index contributed by atoms with van der Waals surface area (Å²) in [5.41, 5.74) is 0. The zero-order chi connectivity index (χ0) is 12.0. The number of esters is 1. The van der Waals surface area contributed by atoms with Crippen LogP contribution in [0.15, 0.2) is 0 Å². The fourth-order valence-corrected chi connectivity index (χ4v) is 1.81. The molecular weight excluding hydrogens is 208 g/mol. The molecule has 0 aromatic heterocycles. The van der Waals surface area contributed by atoms with E-state index >= 15 is 0 Å². The number of carbonyl (C=O) groups is 1. The summed E-state index contributed by atoms with van der Waals surface area (Å²) in [6, 6.07) is 0. The van der Waals surface area contributed by atoms with E-state index in [1.807, 2.05) is 6.92 Å². The molecule has 0 aromatic rings. The first-order valence-corrected chi connectivity index (χ1v) is 6.01. The van der Waals surface area contributed by atoms with E-state index in [0.29, 0.717) is 13.2 Å². The van der Waals surface area contributed by atoms with Crippen molar-refractivity contribution in [1.29, 1.82) is 0 Å². The molecule has 2 atom stereocenters. The first kappa shape index (κ1) is 13.5. The average Bonchev–Trinajstić information content (AvgIpc) is 2.58. The Bertz CT molecular complexity index is 229. The molecule has 0 aromatic carbocycles. The quantitative estimate of drug-likeness (QED) is 0.518. The first-order valence-electron chi connectivity index (χ1n) is 6.01. The van der Waals surface area contributed by atoms with Crippen molar-refractivity contribution < 1.29 is 19.0 Å². The van der Waals surface area contributed by atoms with Crippen LogP contribution < -0.4 is 0 Å². The summed E-state index contributed by atoms with van der Waals surface area (Å²) in [6.07, 6.45) is 4.27. The molecule has 0 spiro atoms. The Balaban J connectivity index is 2.24. The largest absolute Gasteiger partial charge is 0.463 e. The third-order valence-corrected chi connectivity index (χ3v) is 2.70. The Kier molecular flexibility index (Phi) is 5.22. The average molecular weight is 230 g/mol. The SMILES string of the molecule is CCCCC[C@@]1(C)OC[C@H](COC(C)=O)O1. The molecule has 1 aliphatic rings.